The van der Waals surface area contributed by atoms with Gasteiger partial charge >= 0.3 is 5.97 Å². The molecule has 0 saturated carbocycles. The molecule has 1 fully saturated rings. The Labute approximate surface area is 103 Å². The van der Waals surface area contributed by atoms with Crippen LogP contribution >= 0.6 is 0 Å². The molecule has 1 saturated heterocycles. The number of fused-ring (bicyclic) bond motifs is 1. The zero-order chi connectivity index (χ0) is 12.7. The molecule has 0 spiro atoms. The van der Waals surface area contributed by atoms with Gasteiger partial charge in [0.25, 0.3) is 0 Å². The maximum Gasteiger partial charge on any atom is 0.338 e. The Balaban J connectivity index is 2.19. The van der Waals surface area contributed by atoms with E-state index in [-0.39, 0.29) is 11.5 Å². The maximum atomic E-state index is 11.3. The van der Waals surface area contributed by atoms with Gasteiger partial charge in [-0.2, -0.15) is 4.98 Å². The second-order valence-electron chi connectivity index (χ2n) is 4.34. The van der Waals surface area contributed by atoms with Gasteiger partial charge in [0.2, 0.25) is 5.95 Å². The molecule has 7 heteroatoms. The van der Waals surface area contributed by atoms with Crippen molar-refractivity contribution in [3.63, 3.8) is 0 Å². The number of carboxylic acid groups (broad SMARTS) is 1. The van der Waals surface area contributed by atoms with Gasteiger partial charge in [-0.1, -0.05) is 0 Å². The fourth-order valence-electron chi connectivity index (χ4n) is 2.32. The third kappa shape index (κ3) is 1.64. The summed E-state index contributed by atoms with van der Waals surface area (Å²) in [5.41, 5.74) is 6.89. The Morgan fingerprint density at radius 2 is 2.11 bits per heavy atom. The lowest BCUT2D eigenvalue weighted by atomic mass is 10.2. The predicted molar refractivity (Wildman–Crippen MR) is 65.8 cm³/mol. The normalized spacial score (nSPS) is 15.4. The molecule has 94 valence electrons. The van der Waals surface area contributed by atoms with Gasteiger partial charge < -0.3 is 15.7 Å². The number of nitrogen functional groups attached to an aromatic ring is 1. The average Bonchev–Trinajstić information content (AvgIpc) is 2.93. The molecule has 2 aromatic heterocycles. The number of nitrogens with two attached hydrogens (primary N) is 1. The first kappa shape index (κ1) is 10.8. The van der Waals surface area contributed by atoms with Crippen LogP contribution in [-0.2, 0) is 0 Å². The van der Waals surface area contributed by atoms with E-state index in [9.17, 15) is 9.90 Å². The standard InChI is InChI=1S/C11H13N5O2/c12-11-13-9-5-7(10(17)18)8(6-16(9)14-11)15-3-1-2-4-15/h5-6H,1-4H2,(H2,12,14)(H,17,18). The van der Waals surface area contributed by atoms with Crippen LogP contribution in [0.3, 0.4) is 0 Å². The molecule has 3 rings (SSSR count). The smallest absolute Gasteiger partial charge is 0.338 e. The summed E-state index contributed by atoms with van der Waals surface area (Å²) < 4.78 is 1.52. The van der Waals surface area contributed by atoms with E-state index in [4.69, 9.17) is 5.73 Å². The van der Waals surface area contributed by atoms with Crippen molar-refractivity contribution in [3.8, 4) is 0 Å². The molecule has 3 heterocycles. The van der Waals surface area contributed by atoms with Crippen molar-refractivity contribution < 1.29 is 9.90 Å². The van der Waals surface area contributed by atoms with E-state index in [2.05, 4.69) is 15.0 Å². The minimum Gasteiger partial charge on any atom is -0.478 e. The number of nitrogens with zero attached hydrogens (tertiary/aromatic N) is 4. The lowest BCUT2D eigenvalue weighted by Crippen LogP contribution is -2.21. The van der Waals surface area contributed by atoms with Gasteiger partial charge in [-0.15, -0.1) is 5.10 Å². The quantitative estimate of drug-likeness (QED) is 0.807. The molecular weight excluding hydrogens is 234 g/mol. The monoisotopic (exact) mass is 247 g/mol. The fraction of sp³-hybridized carbons (Fsp3) is 0.364. The number of anilines is 2. The molecule has 2 aromatic rings. The molecular formula is C11H13N5O2. The number of carboxylic acids is 1. The number of carbonyl (C=O) groups is 1. The molecule has 0 atom stereocenters. The zero-order valence-corrected chi connectivity index (χ0v) is 9.70. The summed E-state index contributed by atoms with van der Waals surface area (Å²) in [7, 11) is 0. The summed E-state index contributed by atoms with van der Waals surface area (Å²) in [5, 5.41) is 13.3. The second kappa shape index (κ2) is 3.86. The number of aromatic carboxylic acids is 1. The van der Waals surface area contributed by atoms with Crippen molar-refractivity contribution >= 4 is 23.3 Å². The largest absolute Gasteiger partial charge is 0.478 e. The van der Waals surface area contributed by atoms with Crippen LogP contribution in [0.5, 0.6) is 0 Å². The van der Waals surface area contributed by atoms with E-state index in [1.54, 1.807) is 6.20 Å². The molecule has 7 nitrogen and oxygen atoms in total. The van der Waals surface area contributed by atoms with Gasteiger partial charge in [0, 0.05) is 13.1 Å². The Kier molecular flexibility index (Phi) is 2.32. The van der Waals surface area contributed by atoms with Crippen LogP contribution in [0.2, 0.25) is 0 Å². The van der Waals surface area contributed by atoms with E-state index in [0.717, 1.165) is 25.9 Å². The molecule has 3 N–H and O–H groups in total. The maximum absolute atomic E-state index is 11.3. The van der Waals surface area contributed by atoms with Crippen LogP contribution in [0.25, 0.3) is 5.65 Å². The topological polar surface area (TPSA) is 96.7 Å². The van der Waals surface area contributed by atoms with E-state index in [0.29, 0.717) is 11.3 Å². The van der Waals surface area contributed by atoms with Crippen molar-refractivity contribution in [2.75, 3.05) is 23.7 Å². The summed E-state index contributed by atoms with van der Waals surface area (Å²) in [6, 6.07) is 1.51. The van der Waals surface area contributed by atoms with Crippen LogP contribution in [0.1, 0.15) is 23.2 Å². The van der Waals surface area contributed by atoms with Gasteiger partial charge in [-0.25, -0.2) is 9.31 Å². The van der Waals surface area contributed by atoms with Gasteiger partial charge in [-0.05, 0) is 18.9 Å². The van der Waals surface area contributed by atoms with Crippen LogP contribution in [-0.4, -0.2) is 38.8 Å². The highest BCUT2D eigenvalue weighted by molar-refractivity contribution is 5.95. The Bertz CT molecular complexity index is 615. The Hall–Kier alpha value is -2.31. The van der Waals surface area contributed by atoms with Crippen molar-refractivity contribution in [2.24, 2.45) is 0 Å². The summed E-state index contributed by atoms with van der Waals surface area (Å²) in [5.74, 6) is -0.814. The number of rotatable bonds is 2. The Morgan fingerprint density at radius 1 is 1.39 bits per heavy atom. The van der Waals surface area contributed by atoms with Crippen molar-refractivity contribution in [1.82, 2.24) is 14.6 Å². The molecule has 18 heavy (non-hydrogen) atoms. The third-order valence-electron chi connectivity index (χ3n) is 3.15. The molecule has 1 aliphatic rings. The molecule has 0 radical (unpaired) electrons. The van der Waals surface area contributed by atoms with Crippen molar-refractivity contribution in [3.05, 3.63) is 17.8 Å². The number of aromatic nitrogens is 3. The highest BCUT2D eigenvalue weighted by Gasteiger charge is 2.21. The molecule has 0 bridgehead atoms. The lowest BCUT2D eigenvalue weighted by molar-refractivity contribution is 0.0697. The van der Waals surface area contributed by atoms with E-state index in [1.807, 2.05) is 0 Å². The second-order valence-corrected chi connectivity index (χ2v) is 4.34. The van der Waals surface area contributed by atoms with E-state index < -0.39 is 5.97 Å². The van der Waals surface area contributed by atoms with Crippen LogP contribution in [0.4, 0.5) is 11.6 Å². The van der Waals surface area contributed by atoms with Crippen molar-refractivity contribution in [1.29, 1.82) is 0 Å². The van der Waals surface area contributed by atoms with Gasteiger partial charge in [-0.3, -0.25) is 0 Å². The van der Waals surface area contributed by atoms with E-state index in [1.165, 1.54) is 10.6 Å². The first-order valence-electron chi connectivity index (χ1n) is 5.79. The van der Waals surface area contributed by atoms with E-state index >= 15 is 0 Å². The highest BCUT2D eigenvalue weighted by atomic mass is 16.4. The van der Waals surface area contributed by atoms with Crippen molar-refractivity contribution in [2.45, 2.75) is 12.8 Å². The third-order valence-corrected chi connectivity index (χ3v) is 3.15. The molecule has 0 unspecified atom stereocenters. The highest BCUT2D eigenvalue weighted by Crippen LogP contribution is 2.25. The lowest BCUT2D eigenvalue weighted by Gasteiger charge is -2.19. The summed E-state index contributed by atoms with van der Waals surface area (Å²) in [6.45, 7) is 1.74. The fourth-order valence-corrected chi connectivity index (χ4v) is 2.32. The molecule has 0 aliphatic carbocycles. The summed E-state index contributed by atoms with van der Waals surface area (Å²) in [6.07, 6.45) is 3.85. The van der Waals surface area contributed by atoms with Gasteiger partial charge in [0.1, 0.15) is 0 Å². The van der Waals surface area contributed by atoms with Crippen LogP contribution < -0.4 is 10.6 Å². The minimum absolute atomic E-state index is 0.143. The SMILES string of the molecule is Nc1nc2cc(C(=O)O)c(N3CCCC3)cn2n1. The molecule has 0 amide bonds. The zero-order valence-electron chi connectivity index (χ0n) is 9.70. The number of hydrogen-bond acceptors (Lipinski definition) is 5. The van der Waals surface area contributed by atoms with Crippen LogP contribution in [0.15, 0.2) is 12.3 Å². The summed E-state index contributed by atoms with van der Waals surface area (Å²) in [4.78, 5) is 17.3. The Morgan fingerprint density at radius 3 is 2.78 bits per heavy atom. The van der Waals surface area contributed by atoms with Crippen LogP contribution in [0, 0.1) is 0 Å². The number of hydrogen-bond donors (Lipinski definition) is 2. The number of pyridine rings is 1. The predicted octanol–water partition coefficient (Wildman–Crippen LogP) is 0.610. The molecule has 0 aromatic carbocycles. The molecule has 1 aliphatic heterocycles. The average molecular weight is 247 g/mol. The van der Waals surface area contributed by atoms with Gasteiger partial charge in [0.05, 0.1) is 17.4 Å². The van der Waals surface area contributed by atoms with Gasteiger partial charge in [0.15, 0.2) is 5.65 Å². The first-order chi connectivity index (χ1) is 8.65. The first-order valence-corrected chi connectivity index (χ1v) is 5.79. The minimum atomic E-state index is -0.957. The summed E-state index contributed by atoms with van der Waals surface area (Å²) >= 11 is 0.